The molecule has 0 aliphatic rings. The molecule has 3 heterocycles. The van der Waals surface area contributed by atoms with Gasteiger partial charge in [-0.2, -0.15) is 5.10 Å². The van der Waals surface area contributed by atoms with Crippen molar-refractivity contribution in [2.75, 3.05) is 11.1 Å². The van der Waals surface area contributed by atoms with E-state index >= 15 is 0 Å². The number of nitrogens with one attached hydrogen (secondary N) is 3. The van der Waals surface area contributed by atoms with Gasteiger partial charge in [0.25, 0.3) is 5.91 Å². The summed E-state index contributed by atoms with van der Waals surface area (Å²) < 4.78 is 5.17. The van der Waals surface area contributed by atoms with Crippen molar-refractivity contribution in [3.8, 4) is 0 Å². The van der Waals surface area contributed by atoms with Crippen LogP contribution in [-0.4, -0.2) is 21.1 Å². The number of furan rings is 1. The van der Waals surface area contributed by atoms with Gasteiger partial charge < -0.3 is 20.5 Å². The Morgan fingerprint density at radius 3 is 2.93 bits per heavy atom. The number of nitrogens with zero attached hydrogens (tertiary/aromatic N) is 1. The summed E-state index contributed by atoms with van der Waals surface area (Å²) in [6, 6.07) is 8.99. The van der Waals surface area contributed by atoms with Crippen LogP contribution in [0.15, 0.2) is 72.1 Å². The first-order valence-corrected chi connectivity index (χ1v) is 8.25. The molecule has 134 valence electrons. The highest BCUT2D eigenvalue weighted by atomic mass is 16.3. The molecule has 0 unspecified atom stereocenters. The lowest BCUT2D eigenvalue weighted by Crippen LogP contribution is -2.11. The molecule has 0 atom stereocenters. The molecule has 0 aliphatic heterocycles. The smallest absolute Gasteiger partial charge is 0.291 e. The predicted octanol–water partition coefficient (Wildman–Crippen LogP) is 3.94. The molecule has 0 spiro atoms. The molecule has 27 heavy (non-hydrogen) atoms. The highest BCUT2D eigenvalue weighted by Crippen LogP contribution is 2.33. The Morgan fingerprint density at radius 2 is 2.22 bits per heavy atom. The second-order valence-corrected chi connectivity index (χ2v) is 5.91. The standard InChI is InChI=1S/C20H17N5O2/c1-2-4-13(14-6-7-22-19(14)21)12-9-16(15-11-23-25-17(15)10-12)24-20(26)18-5-3-8-27-18/h2-11,22H,1,21H2,(H,23,25)(H,24,26)/b13-4-. The number of rotatable bonds is 5. The average molecular weight is 359 g/mol. The molecule has 0 fully saturated rings. The van der Waals surface area contributed by atoms with Gasteiger partial charge in [0, 0.05) is 17.1 Å². The molecule has 0 aliphatic carbocycles. The predicted molar refractivity (Wildman–Crippen MR) is 105 cm³/mol. The molecule has 4 aromatic rings. The number of amides is 1. The molecule has 0 saturated heterocycles. The zero-order valence-electron chi connectivity index (χ0n) is 14.3. The van der Waals surface area contributed by atoms with E-state index in [1.54, 1.807) is 30.6 Å². The lowest BCUT2D eigenvalue weighted by molar-refractivity contribution is 0.0997. The normalized spacial score (nSPS) is 11.6. The fourth-order valence-electron chi connectivity index (χ4n) is 2.98. The van der Waals surface area contributed by atoms with Gasteiger partial charge in [-0.3, -0.25) is 9.89 Å². The van der Waals surface area contributed by atoms with Crippen molar-refractivity contribution in [1.29, 1.82) is 0 Å². The van der Waals surface area contributed by atoms with E-state index in [1.165, 1.54) is 6.26 Å². The maximum absolute atomic E-state index is 12.4. The van der Waals surface area contributed by atoms with E-state index in [4.69, 9.17) is 10.2 Å². The van der Waals surface area contributed by atoms with Crippen molar-refractivity contribution in [1.82, 2.24) is 15.2 Å². The van der Waals surface area contributed by atoms with E-state index in [0.29, 0.717) is 11.5 Å². The average Bonchev–Trinajstić information content (AvgIpc) is 3.41. The van der Waals surface area contributed by atoms with Crippen molar-refractivity contribution in [3.05, 3.63) is 84.6 Å². The van der Waals surface area contributed by atoms with Crippen LogP contribution in [0.25, 0.3) is 16.5 Å². The van der Waals surface area contributed by atoms with Crippen molar-refractivity contribution < 1.29 is 9.21 Å². The number of carbonyl (C=O) groups is 1. The number of carbonyl (C=O) groups excluding carboxylic acids is 1. The number of nitrogens with two attached hydrogens (primary N) is 1. The highest BCUT2D eigenvalue weighted by Gasteiger charge is 2.16. The highest BCUT2D eigenvalue weighted by molar-refractivity contribution is 6.08. The number of hydrogen-bond acceptors (Lipinski definition) is 4. The lowest BCUT2D eigenvalue weighted by Gasteiger charge is -2.11. The van der Waals surface area contributed by atoms with Gasteiger partial charge >= 0.3 is 0 Å². The Bertz CT molecular complexity index is 1150. The summed E-state index contributed by atoms with van der Waals surface area (Å²) in [4.78, 5) is 15.4. The third-order valence-electron chi connectivity index (χ3n) is 4.22. The number of fused-ring (bicyclic) bond motifs is 1. The van der Waals surface area contributed by atoms with Crippen molar-refractivity contribution in [3.63, 3.8) is 0 Å². The van der Waals surface area contributed by atoms with Crippen LogP contribution in [0.1, 0.15) is 21.7 Å². The van der Waals surface area contributed by atoms with Crippen LogP contribution in [0.5, 0.6) is 0 Å². The fourth-order valence-corrected chi connectivity index (χ4v) is 2.98. The van der Waals surface area contributed by atoms with Gasteiger partial charge in [-0.05, 0) is 41.5 Å². The fraction of sp³-hybridized carbons (Fsp3) is 0. The van der Waals surface area contributed by atoms with Crippen LogP contribution < -0.4 is 11.1 Å². The molecule has 0 radical (unpaired) electrons. The molecule has 5 N–H and O–H groups in total. The quantitative estimate of drug-likeness (QED) is 0.404. The van der Waals surface area contributed by atoms with Gasteiger partial charge in [0.2, 0.25) is 0 Å². The Labute approximate surface area is 154 Å². The summed E-state index contributed by atoms with van der Waals surface area (Å²) >= 11 is 0. The molecular weight excluding hydrogens is 342 g/mol. The number of allylic oxidation sites excluding steroid dienone is 2. The third kappa shape index (κ3) is 3.02. The summed E-state index contributed by atoms with van der Waals surface area (Å²) in [5.74, 6) is 0.442. The summed E-state index contributed by atoms with van der Waals surface area (Å²) in [6.07, 6.45) is 8.46. The molecular formula is C20H17N5O2. The van der Waals surface area contributed by atoms with E-state index in [0.717, 1.165) is 27.6 Å². The van der Waals surface area contributed by atoms with Gasteiger partial charge in [0.15, 0.2) is 5.76 Å². The van der Waals surface area contributed by atoms with E-state index in [9.17, 15) is 4.79 Å². The van der Waals surface area contributed by atoms with Crippen LogP contribution in [0.4, 0.5) is 11.5 Å². The minimum absolute atomic E-state index is 0.230. The van der Waals surface area contributed by atoms with Gasteiger partial charge in [-0.15, -0.1) is 0 Å². The van der Waals surface area contributed by atoms with Crippen molar-refractivity contribution in [2.24, 2.45) is 0 Å². The van der Waals surface area contributed by atoms with Gasteiger partial charge in [-0.1, -0.05) is 18.7 Å². The monoisotopic (exact) mass is 359 g/mol. The van der Waals surface area contributed by atoms with E-state index < -0.39 is 0 Å². The summed E-state index contributed by atoms with van der Waals surface area (Å²) in [5, 5.41) is 10.7. The summed E-state index contributed by atoms with van der Waals surface area (Å²) in [6.45, 7) is 3.79. The molecule has 7 nitrogen and oxygen atoms in total. The Morgan fingerprint density at radius 1 is 1.33 bits per heavy atom. The van der Waals surface area contributed by atoms with E-state index in [2.05, 4.69) is 27.1 Å². The third-order valence-corrected chi connectivity index (χ3v) is 4.22. The minimum Gasteiger partial charge on any atom is -0.459 e. The molecule has 0 bridgehead atoms. The van der Waals surface area contributed by atoms with Crippen LogP contribution in [0, 0.1) is 0 Å². The van der Waals surface area contributed by atoms with Gasteiger partial charge in [0.05, 0.1) is 23.7 Å². The van der Waals surface area contributed by atoms with E-state index in [-0.39, 0.29) is 11.7 Å². The van der Waals surface area contributed by atoms with Gasteiger partial charge in [-0.25, -0.2) is 0 Å². The van der Waals surface area contributed by atoms with Crippen molar-refractivity contribution in [2.45, 2.75) is 0 Å². The Hall–Kier alpha value is -4.00. The van der Waals surface area contributed by atoms with Crippen LogP contribution >= 0.6 is 0 Å². The van der Waals surface area contributed by atoms with Crippen LogP contribution in [0.3, 0.4) is 0 Å². The van der Waals surface area contributed by atoms with E-state index in [1.807, 2.05) is 24.3 Å². The van der Waals surface area contributed by atoms with Gasteiger partial charge in [0.1, 0.15) is 5.82 Å². The van der Waals surface area contributed by atoms with Crippen LogP contribution in [-0.2, 0) is 0 Å². The zero-order chi connectivity index (χ0) is 18.8. The molecule has 7 heteroatoms. The Kier molecular flexibility index (Phi) is 4.10. The molecule has 4 rings (SSSR count). The largest absolute Gasteiger partial charge is 0.459 e. The lowest BCUT2D eigenvalue weighted by atomic mass is 9.97. The SMILES string of the molecule is C=C/C=C(/c1cc(NC(=O)c2ccco2)c2cn[nH]c2c1)c1cc[nH]c1N. The molecule has 3 aromatic heterocycles. The second kappa shape index (κ2) is 6.72. The number of nitrogen functional groups attached to an aromatic ring is 1. The summed E-state index contributed by atoms with van der Waals surface area (Å²) in [7, 11) is 0. The number of aromatic amines is 2. The first-order chi connectivity index (χ1) is 13.2. The second-order valence-electron chi connectivity index (χ2n) is 5.91. The topological polar surface area (TPSA) is 113 Å². The Balaban J connectivity index is 1.82. The molecule has 0 saturated carbocycles. The number of aromatic nitrogens is 3. The number of benzene rings is 1. The number of hydrogen-bond donors (Lipinski definition) is 4. The maximum Gasteiger partial charge on any atom is 0.291 e. The number of H-pyrrole nitrogens is 2. The van der Waals surface area contributed by atoms with Crippen LogP contribution in [0.2, 0.25) is 0 Å². The number of anilines is 2. The summed E-state index contributed by atoms with van der Waals surface area (Å²) in [5.41, 5.74) is 10.0. The van der Waals surface area contributed by atoms with Crippen molar-refractivity contribution >= 4 is 33.9 Å². The first kappa shape index (κ1) is 16.5. The minimum atomic E-state index is -0.338. The molecule has 1 amide bonds. The molecule has 1 aromatic carbocycles. The zero-order valence-corrected chi connectivity index (χ0v) is 14.3. The first-order valence-electron chi connectivity index (χ1n) is 8.25. The maximum atomic E-state index is 12.4.